The minimum atomic E-state index is -0.442. The summed E-state index contributed by atoms with van der Waals surface area (Å²) < 4.78 is 0. The summed E-state index contributed by atoms with van der Waals surface area (Å²) in [5.74, 6) is 3.89. The molecule has 8 atom stereocenters. The number of hydrogen-bond donors (Lipinski definition) is 1. The Morgan fingerprint density at radius 3 is 2.57 bits per heavy atom. The number of aliphatic hydroxyl groups is 1. The second kappa shape index (κ2) is 7.87. The summed E-state index contributed by atoms with van der Waals surface area (Å²) in [6.07, 6.45) is 10.5. The van der Waals surface area contributed by atoms with Crippen molar-refractivity contribution in [3.63, 3.8) is 0 Å². The molecular weight excluding hydrogens is 372 g/mol. The molecule has 0 aromatic heterocycles. The molecule has 168 valence electrons. The molecule has 3 nitrogen and oxygen atoms in total. The first-order chi connectivity index (χ1) is 14.1. The molecule has 0 aromatic rings. The van der Waals surface area contributed by atoms with Crippen molar-refractivity contribution in [3.05, 3.63) is 11.6 Å². The van der Waals surface area contributed by atoms with Crippen LogP contribution in [0.1, 0.15) is 92.4 Å². The van der Waals surface area contributed by atoms with Crippen LogP contribution in [-0.2, 0) is 9.59 Å². The SMILES string of the molecule is CC(C)C(=O)CCC(C)C1CCC2C3CC(O)C4=CC(=O)CCC4(C)C3CCC12C. The smallest absolute Gasteiger partial charge is 0.155 e. The number of carbonyl (C=O) groups is 2. The summed E-state index contributed by atoms with van der Waals surface area (Å²) in [7, 11) is 0. The van der Waals surface area contributed by atoms with E-state index in [-0.39, 0.29) is 17.1 Å². The highest BCUT2D eigenvalue weighted by Crippen LogP contribution is 2.67. The largest absolute Gasteiger partial charge is 0.389 e. The summed E-state index contributed by atoms with van der Waals surface area (Å²) in [6, 6.07) is 0. The van der Waals surface area contributed by atoms with E-state index < -0.39 is 6.10 Å². The Balaban J connectivity index is 1.53. The summed E-state index contributed by atoms with van der Waals surface area (Å²) in [6.45, 7) is 11.3. The van der Waals surface area contributed by atoms with E-state index >= 15 is 0 Å². The number of carbonyl (C=O) groups excluding carboxylic acids is 2. The lowest BCUT2D eigenvalue weighted by molar-refractivity contribution is -0.122. The quantitative estimate of drug-likeness (QED) is 0.623. The van der Waals surface area contributed by atoms with Crippen LogP contribution in [0.15, 0.2) is 11.6 Å². The first-order valence-corrected chi connectivity index (χ1v) is 12.5. The Kier molecular flexibility index (Phi) is 5.83. The molecule has 0 spiro atoms. The Labute approximate surface area is 183 Å². The minimum absolute atomic E-state index is 0.00492. The molecule has 3 fully saturated rings. The minimum Gasteiger partial charge on any atom is -0.389 e. The van der Waals surface area contributed by atoms with Crippen molar-refractivity contribution in [2.75, 3.05) is 0 Å². The molecule has 4 aliphatic carbocycles. The molecule has 0 aliphatic heterocycles. The predicted octanol–water partition coefficient (Wildman–Crippen LogP) is 5.75. The zero-order valence-corrected chi connectivity index (χ0v) is 19.7. The first-order valence-electron chi connectivity index (χ1n) is 12.5. The van der Waals surface area contributed by atoms with Crippen molar-refractivity contribution in [1.29, 1.82) is 0 Å². The van der Waals surface area contributed by atoms with Gasteiger partial charge in [-0.1, -0.05) is 34.6 Å². The molecule has 1 N–H and O–H groups in total. The van der Waals surface area contributed by atoms with E-state index in [1.165, 1.54) is 25.7 Å². The molecule has 0 amide bonds. The maximum Gasteiger partial charge on any atom is 0.155 e. The molecule has 3 heteroatoms. The van der Waals surface area contributed by atoms with Crippen LogP contribution in [0.5, 0.6) is 0 Å². The van der Waals surface area contributed by atoms with Crippen LogP contribution in [0, 0.1) is 46.3 Å². The number of aliphatic hydroxyl groups excluding tert-OH is 1. The van der Waals surface area contributed by atoms with E-state index in [1.807, 2.05) is 13.8 Å². The first kappa shape index (κ1) is 22.2. The van der Waals surface area contributed by atoms with Crippen LogP contribution in [0.25, 0.3) is 0 Å². The van der Waals surface area contributed by atoms with Gasteiger partial charge in [-0.25, -0.2) is 0 Å². The van der Waals surface area contributed by atoms with Crippen molar-refractivity contribution < 1.29 is 14.7 Å². The summed E-state index contributed by atoms with van der Waals surface area (Å²) in [4.78, 5) is 24.2. The van der Waals surface area contributed by atoms with Crippen LogP contribution in [-0.4, -0.2) is 22.8 Å². The second-order valence-electron chi connectivity index (χ2n) is 12.0. The van der Waals surface area contributed by atoms with Crippen molar-refractivity contribution in [2.24, 2.45) is 46.3 Å². The van der Waals surface area contributed by atoms with Crippen LogP contribution in [0.3, 0.4) is 0 Å². The third-order valence-electron chi connectivity index (χ3n) is 10.2. The highest BCUT2D eigenvalue weighted by molar-refractivity contribution is 5.91. The van der Waals surface area contributed by atoms with Gasteiger partial charge in [-0.05, 0) is 97.0 Å². The summed E-state index contributed by atoms with van der Waals surface area (Å²) >= 11 is 0. The molecule has 4 aliphatic rings. The van der Waals surface area contributed by atoms with Crippen molar-refractivity contribution >= 4 is 11.6 Å². The highest BCUT2D eigenvalue weighted by atomic mass is 16.3. The number of ketones is 2. The average Bonchev–Trinajstić information content (AvgIpc) is 3.04. The van der Waals surface area contributed by atoms with Gasteiger partial charge in [0, 0.05) is 18.8 Å². The van der Waals surface area contributed by atoms with Crippen molar-refractivity contribution in [1.82, 2.24) is 0 Å². The Bertz CT molecular complexity index is 736. The molecule has 0 bridgehead atoms. The highest BCUT2D eigenvalue weighted by Gasteiger charge is 2.60. The summed E-state index contributed by atoms with van der Waals surface area (Å²) in [5.41, 5.74) is 1.38. The van der Waals surface area contributed by atoms with Gasteiger partial charge in [0.2, 0.25) is 0 Å². The average molecular weight is 415 g/mol. The zero-order valence-electron chi connectivity index (χ0n) is 19.7. The van der Waals surface area contributed by atoms with Gasteiger partial charge in [0.15, 0.2) is 5.78 Å². The second-order valence-corrected chi connectivity index (χ2v) is 12.0. The molecular formula is C27H42O3. The molecule has 30 heavy (non-hydrogen) atoms. The molecule has 0 saturated heterocycles. The maximum atomic E-state index is 12.2. The lowest BCUT2D eigenvalue weighted by atomic mass is 9.46. The normalized spacial score (nSPS) is 44.2. The van der Waals surface area contributed by atoms with Crippen LogP contribution >= 0.6 is 0 Å². The van der Waals surface area contributed by atoms with E-state index in [9.17, 15) is 14.7 Å². The standard InChI is InChI=1S/C27H42O3/c1-16(2)24(29)9-6-17(3)20-7-8-21-19-15-25(30)23-14-18(28)10-12-27(23,5)22(19)11-13-26(20,21)4/h14,16-17,19-22,25,30H,6-13,15H2,1-5H3. The van der Waals surface area contributed by atoms with E-state index in [1.54, 1.807) is 6.08 Å². The zero-order chi connectivity index (χ0) is 21.8. The Morgan fingerprint density at radius 1 is 1.13 bits per heavy atom. The molecule has 0 heterocycles. The number of hydrogen-bond acceptors (Lipinski definition) is 3. The van der Waals surface area contributed by atoms with Crippen LogP contribution in [0.4, 0.5) is 0 Å². The number of fused-ring (bicyclic) bond motifs is 5. The van der Waals surface area contributed by atoms with Gasteiger partial charge in [0.25, 0.3) is 0 Å². The van der Waals surface area contributed by atoms with E-state index in [2.05, 4.69) is 20.8 Å². The third-order valence-corrected chi connectivity index (χ3v) is 10.2. The summed E-state index contributed by atoms with van der Waals surface area (Å²) in [5, 5.41) is 11.0. The van der Waals surface area contributed by atoms with Crippen molar-refractivity contribution in [3.8, 4) is 0 Å². The maximum absolute atomic E-state index is 12.2. The third kappa shape index (κ3) is 3.44. The van der Waals surface area contributed by atoms with E-state index in [0.717, 1.165) is 31.3 Å². The van der Waals surface area contributed by atoms with E-state index in [4.69, 9.17) is 0 Å². The van der Waals surface area contributed by atoms with Crippen molar-refractivity contribution in [2.45, 2.75) is 98.5 Å². The van der Waals surface area contributed by atoms with E-state index in [0.29, 0.717) is 47.2 Å². The molecule has 3 saturated carbocycles. The molecule has 0 aromatic carbocycles. The molecule has 8 unspecified atom stereocenters. The topological polar surface area (TPSA) is 54.4 Å². The van der Waals surface area contributed by atoms with Gasteiger partial charge < -0.3 is 5.11 Å². The fourth-order valence-corrected chi connectivity index (χ4v) is 8.44. The Hall–Kier alpha value is -0.960. The predicted molar refractivity (Wildman–Crippen MR) is 120 cm³/mol. The fraction of sp³-hybridized carbons (Fsp3) is 0.852. The molecule has 4 rings (SSSR count). The van der Waals surface area contributed by atoms with Gasteiger partial charge in [-0.15, -0.1) is 0 Å². The Morgan fingerprint density at radius 2 is 1.87 bits per heavy atom. The lowest BCUT2D eigenvalue weighted by Crippen LogP contribution is -2.54. The van der Waals surface area contributed by atoms with Gasteiger partial charge in [0.1, 0.15) is 5.78 Å². The lowest BCUT2D eigenvalue weighted by Gasteiger charge is -2.59. The van der Waals surface area contributed by atoms with Crippen LogP contribution in [0.2, 0.25) is 0 Å². The number of rotatable bonds is 5. The van der Waals surface area contributed by atoms with Gasteiger partial charge >= 0.3 is 0 Å². The monoisotopic (exact) mass is 414 g/mol. The number of Topliss-reactive ketones (excluding diaryl/α,β-unsaturated/α-hetero) is 1. The van der Waals surface area contributed by atoms with Gasteiger partial charge in [-0.2, -0.15) is 0 Å². The van der Waals surface area contributed by atoms with Gasteiger partial charge in [0.05, 0.1) is 6.10 Å². The van der Waals surface area contributed by atoms with Crippen LogP contribution < -0.4 is 0 Å². The van der Waals surface area contributed by atoms with Gasteiger partial charge in [-0.3, -0.25) is 9.59 Å². The molecule has 0 radical (unpaired) electrons. The fourth-order valence-electron chi connectivity index (χ4n) is 8.44.